The van der Waals surface area contributed by atoms with Crippen LogP contribution in [-0.2, 0) is 4.74 Å². The van der Waals surface area contributed by atoms with E-state index in [9.17, 15) is 0 Å². The number of morpholine rings is 1. The molecule has 2 heteroatoms. The summed E-state index contributed by atoms with van der Waals surface area (Å²) < 4.78 is 5.29. The van der Waals surface area contributed by atoms with Gasteiger partial charge in [0.2, 0.25) is 0 Å². The van der Waals surface area contributed by atoms with E-state index >= 15 is 0 Å². The molecule has 2 atom stereocenters. The van der Waals surface area contributed by atoms with Gasteiger partial charge >= 0.3 is 0 Å². The highest BCUT2D eigenvalue weighted by Crippen LogP contribution is 2.17. The molecule has 2 bridgehead atoms. The van der Waals surface area contributed by atoms with Gasteiger partial charge in [-0.2, -0.15) is 0 Å². The predicted octanol–water partition coefficient (Wildman–Crippen LogP) is 0.383. The van der Waals surface area contributed by atoms with E-state index in [0.717, 1.165) is 13.2 Å². The maximum atomic E-state index is 5.29. The minimum atomic E-state index is 0. The monoisotopic (exact) mass is 115 g/mol. The van der Waals surface area contributed by atoms with Gasteiger partial charge in [0.15, 0.2) is 0 Å². The zero-order chi connectivity index (χ0) is 4.69. The topological polar surface area (TPSA) is 21.3 Å². The number of fused-ring (bicyclic) bond motifs is 2. The zero-order valence-electron chi connectivity index (χ0n) is 4.18. The molecule has 0 aromatic carbocycles. The molecule has 2 aliphatic rings. The van der Waals surface area contributed by atoms with Crippen LogP contribution in [-0.4, -0.2) is 25.3 Å². The van der Waals surface area contributed by atoms with Crippen molar-refractivity contribution in [3.63, 3.8) is 0 Å². The Kier molecular flexibility index (Phi) is 1.54. The highest BCUT2D eigenvalue weighted by atomic mass is 16.5. The normalized spacial score (nSPS) is 42.0. The molecule has 0 aromatic heterocycles. The van der Waals surface area contributed by atoms with Crippen LogP contribution in [0.25, 0.3) is 0 Å². The van der Waals surface area contributed by atoms with Crippen molar-refractivity contribution >= 4 is 0 Å². The van der Waals surface area contributed by atoms with Crippen molar-refractivity contribution in [1.29, 1.82) is 0 Å². The van der Waals surface area contributed by atoms with Gasteiger partial charge in [0, 0.05) is 12.6 Å². The molecule has 2 heterocycles. The summed E-state index contributed by atoms with van der Waals surface area (Å²) in [6.45, 7) is 2.04. The van der Waals surface area contributed by atoms with Crippen LogP contribution in [0.5, 0.6) is 0 Å². The van der Waals surface area contributed by atoms with Crippen LogP contribution >= 0.6 is 0 Å². The Morgan fingerprint density at radius 2 is 2.38 bits per heavy atom. The lowest BCUT2D eigenvalue weighted by molar-refractivity contribution is 0.0892. The summed E-state index contributed by atoms with van der Waals surface area (Å²) in [4.78, 5) is 0. The van der Waals surface area contributed by atoms with E-state index in [1.54, 1.807) is 0 Å². The third kappa shape index (κ3) is 0.740. The fourth-order valence-corrected chi connectivity index (χ4v) is 1.29. The Morgan fingerprint density at radius 1 is 1.50 bits per heavy atom. The van der Waals surface area contributed by atoms with Crippen molar-refractivity contribution in [1.82, 2.24) is 5.32 Å². The molecular formula is C6H13NO. The van der Waals surface area contributed by atoms with Crippen LogP contribution < -0.4 is 5.32 Å². The smallest absolute Gasteiger partial charge is 0.0716 e. The Labute approximate surface area is 50.2 Å². The molecule has 8 heavy (non-hydrogen) atoms. The second-order valence-electron chi connectivity index (χ2n) is 2.30. The highest BCUT2D eigenvalue weighted by molar-refractivity contribution is 4.87. The molecule has 1 N–H and O–H groups in total. The van der Waals surface area contributed by atoms with Crippen molar-refractivity contribution in [2.45, 2.75) is 26.0 Å². The Morgan fingerprint density at radius 3 is 2.50 bits per heavy atom. The lowest BCUT2D eigenvalue weighted by atomic mass is 10.3. The van der Waals surface area contributed by atoms with E-state index in [0.29, 0.717) is 12.1 Å². The lowest BCUT2D eigenvalue weighted by Crippen LogP contribution is -2.30. The number of ether oxygens (including phenoxy) is 1. The summed E-state index contributed by atoms with van der Waals surface area (Å²) in [7, 11) is 0. The average Bonchev–Trinajstić information content (AvgIpc) is 2.22. The Balaban J connectivity index is 0.000000320. The maximum absolute atomic E-state index is 5.29. The minimum absolute atomic E-state index is 0. The molecule has 0 spiro atoms. The molecular weight excluding hydrogens is 102 g/mol. The summed E-state index contributed by atoms with van der Waals surface area (Å²) in [5, 5.41) is 3.33. The second-order valence-corrected chi connectivity index (χ2v) is 2.30. The minimum Gasteiger partial charge on any atom is -0.375 e. The van der Waals surface area contributed by atoms with Crippen LogP contribution in [0.2, 0.25) is 0 Å². The number of hydrogen-bond acceptors (Lipinski definition) is 2. The van der Waals surface area contributed by atoms with Crippen molar-refractivity contribution in [3.05, 3.63) is 0 Å². The molecule has 2 nitrogen and oxygen atoms in total. The first-order valence-electron chi connectivity index (χ1n) is 2.80. The summed E-state index contributed by atoms with van der Waals surface area (Å²) in [6.07, 6.45) is 1.81. The SMILES string of the molecule is C.C1OC2CNC1C2. The van der Waals surface area contributed by atoms with Crippen LogP contribution in [0.15, 0.2) is 0 Å². The molecule has 0 radical (unpaired) electrons. The molecule has 0 aromatic rings. The van der Waals surface area contributed by atoms with Gasteiger partial charge in [0.1, 0.15) is 0 Å². The standard InChI is InChI=1S/C5H9NO.CH4/c1-4-3-7-5(1)2-6-4;/h4-6H,1-3H2;1H4. The first kappa shape index (κ1) is 6.05. The summed E-state index contributed by atoms with van der Waals surface area (Å²) in [6, 6.07) is 0.699. The van der Waals surface area contributed by atoms with Gasteiger partial charge < -0.3 is 10.1 Å². The molecule has 2 aliphatic heterocycles. The third-order valence-electron chi connectivity index (χ3n) is 1.71. The molecule has 2 fully saturated rings. The first-order chi connectivity index (χ1) is 3.45. The van der Waals surface area contributed by atoms with Crippen molar-refractivity contribution in [2.24, 2.45) is 0 Å². The molecule has 0 amide bonds. The van der Waals surface area contributed by atoms with E-state index in [1.165, 1.54) is 6.42 Å². The Hall–Kier alpha value is -0.0800. The fourth-order valence-electron chi connectivity index (χ4n) is 1.29. The van der Waals surface area contributed by atoms with Gasteiger partial charge in [-0.25, -0.2) is 0 Å². The predicted molar refractivity (Wildman–Crippen MR) is 32.9 cm³/mol. The molecule has 48 valence electrons. The highest BCUT2D eigenvalue weighted by Gasteiger charge is 2.31. The van der Waals surface area contributed by atoms with Gasteiger partial charge in [0.25, 0.3) is 0 Å². The van der Waals surface area contributed by atoms with E-state index < -0.39 is 0 Å². The summed E-state index contributed by atoms with van der Waals surface area (Å²) in [5.74, 6) is 0. The van der Waals surface area contributed by atoms with Gasteiger partial charge in [-0.05, 0) is 6.42 Å². The molecule has 2 saturated heterocycles. The van der Waals surface area contributed by atoms with Crippen LogP contribution in [0.3, 0.4) is 0 Å². The molecule has 2 rings (SSSR count). The quantitative estimate of drug-likeness (QED) is 0.493. The van der Waals surface area contributed by atoms with Crippen molar-refractivity contribution in [3.8, 4) is 0 Å². The van der Waals surface area contributed by atoms with Gasteiger partial charge in [-0.1, -0.05) is 7.43 Å². The largest absolute Gasteiger partial charge is 0.375 e. The summed E-state index contributed by atoms with van der Waals surface area (Å²) in [5.41, 5.74) is 0. The molecule has 2 unspecified atom stereocenters. The number of hydrogen-bond donors (Lipinski definition) is 1. The van der Waals surface area contributed by atoms with E-state index in [-0.39, 0.29) is 7.43 Å². The third-order valence-corrected chi connectivity index (χ3v) is 1.71. The van der Waals surface area contributed by atoms with Crippen molar-refractivity contribution < 1.29 is 4.74 Å². The van der Waals surface area contributed by atoms with Gasteiger partial charge in [0.05, 0.1) is 12.7 Å². The fraction of sp³-hybridized carbons (Fsp3) is 1.00. The van der Waals surface area contributed by atoms with E-state index in [4.69, 9.17) is 4.74 Å². The zero-order valence-corrected chi connectivity index (χ0v) is 4.18. The number of rotatable bonds is 0. The van der Waals surface area contributed by atoms with Crippen LogP contribution in [0.1, 0.15) is 13.8 Å². The maximum Gasteiger partial charge on any atom is 0.0716 e. The van der Waals surface area contributed by atoms with Gasteiger partial charge in [-0.3, -0.25) is 0 Å². The summed E-state index contributed by atoms with van der Waals surface area (Å²) >= 11 is 0. The second kappa shape index (κ2) is 2.03. The number of nitrogens with one attached hydrogen (secondary N) is 1. The van der Waals surface area contributed by atoms with Crippen LogP contribution in [0.4, 0.5) is 0 Å². The molecule has 0 aliphatic carbocycles. The van der Waals surface area contributed by atoms with Crippen LogP contribution in [0, 0.1) is 0 Å². The Bertz CT molecular complexity index is 66.6. The van der Waals surface area contributed by atoms with E-state index in [2.05, 4.69) is 5.32 Å². The van der Waals surface area contributed by atoms with E-state index in [1.807, 2.05) is 0 Å². The first-order valence-corrected chi connectivity index (χ1v) is 2.80. The van der Waals surface area contributed by atoms with Gasteiger partial charge in [-0.15, -0.1) is 0 Å². The van der Waals surface area contributed by atoms with Crippen molar-refractivity contribution in [2.75, 3.05) is 13.2 Å². The average molecular weight is 115 g/mol. The molecule has 0 saturated carbocycles. The lowest BCUT2D eigenvalue weighted by Gasteiger charge is -2.09.